The molecule has 0 spiro atoms. The molecule has 0 radical (unpaired) electrons. The molecule has 1 aromatic carbocycles. The molecule has 2 rings (SSSR count). The van der Waals surface area contributed by atoms with E-state index in [4.69, 9.17) is 5.11 Å². The first kappa shape index (κ1) is 10.7. The smallest absolute Gasteiger partial charge is 0.307 e. The summed E-state index contributed by atoms with van der Waals surface area (Å²) in [5.74, 6) is -0.780. The van der Waals surface area contributed by atoms with Crippen LogP contribution in [0.2, 0.25) is 0 Å². The molecule has 16 heavy (non-hydrogen) atoms. The van der Waals surface area contributed by atoms with E-state index in [0.717, 1.165) is 19.5 Å². The molecule has 0 atom stereocenters. The zero-order valence-corrected chi connectivity index (χ0v) is 9.10. The maximum atomic E-state index is 10.3. The van der Waals surface area contributed by atoms with E-state index in [0.29, 0.717) is 0 Å². The van der Waals surface area contributed by atoms with Crippen molar-refractivity contribution in [3.63, 3.8) is 0 Å². The number of hydrogen-bond acceptors (Lipinski definition) is 2. The molecule has 0 fully saturated rings. The van der Waals surface area contributed by atoms with Gasteiger partial charge in [-0.15, -0.1) is 0 Å². The third-order valence-corrected chi connectivity index (χ3v) is 2.77. The average molecular weight is 217 g/mol. The van der Waals surface area contributed by atoms with E-state index in [1.165, 1.54) is 11.3 Å². The number of carbonyl (C=O) groups is 1. The van der Waals surface area contributed by atoms with Crippen molar-refractivity contribution in [2.24, 2.45) is 0 Å². The Morgan fingerprint density at radius 1 is 1.38 bits per heavy atom. The molecular weight excluding hydrogens is 202 g/mol. The first-order chi connectivity index (χ1) is 7.77. The highest BCUT2D eigenvalue weighted by Crippen LogP contribution is 2.26. The molecule has 0 saturated carbocycles. The van der Waals surface area contributed by atoms with Gasteiger partial charge in [0.05, 0.1) is 6.42 Å². The fraction of sp³-hybridized carbons (Fsp3) is 0.308. The largest absolute Gasteiger partial charge is 0.481 e. The summed E-state index contributed by atoms with van der Waals surface area (Å²) in [5.41, 5.74) is 2.66. The van der Waals surface area contributed by atoms with Crippen LogP contribution in [0.4, 0.5) is 5.69 Å². The van der Waals surface area contributed by atoms with Gasteiger partial charge in [0.15, 0.2) is 0 Å². The third kappa shape index (κ3) is 2.42. The summed E-state index contributed by atoms with van der Waals surface area (Å²) in [4.78, 5) is 12.6. The topological polar surface area (TPSA) is 40.5 Å². The van der Waals surface area contributed by atoms with Gasteiger partial charge in [0.2, 0.25) is 0 Å². The molecule has 0 saturated heterocycles. The van der Waals surface area contributed by atoms with Gasteiger partial charge in [0.1, 0.15) is 0 Å². The number of nitrogens with zero attached hydrogens (tertiary/aromatic N) is 1. The van der Waals surface area contributed by atoms with E-state index in [-0.39, 0.29) is 6.42 Å². The van der Waals surface area contributed by atoms with E-state index in [9.17, 15) is 4.79 Å². The number of anilines is 1. The van der Waals surface area contributed by atoms with Crippen molar-refractivity contribution >= 4 is 11.7 Å². The maximum absolute atomic E-state index is 10.3. The Kier molecular flexibility index (Phi) is 3.25. The Morgan fingerprint density at radius 3 is 3.00 bits per heavy atom. The number of carboxylic acids is 1. The Bertz CT molecular complexity index is 412. The monoisotopic (exact) mass is 217 g/mol. The van der Waals surface area contributed by atoms with Gasteiger partial charge in [0.25, 0.3) is 0 Å². The Balaban J connectivity index is 1.93. The lowest BCUT2D eigenvalue weighted by Crippen LogP contribution is -2.20. The molecule has 1 heterocycles. The number of aliphatic carboxylic acids is 1. The predicted octanol–water partition coefficient (Wildman–Crippen LogP) is 2.08. The van der Waals surface area contributed by atoms with Gasteiger partial charge in [-0.3, -0.25) is 4.79 Å². The fourth-order valence-corrected chi connectivity index (χ4v) is 1.98. The molecule has 0 unspecified atom stereocenters. The van der Waals surface area contributed by atoms with Crippen LogP contribution >= 0.6 is 0 Å². The zero-order valence-electron chi connectivity index (χ0n) is 9.10. The summed E-state index contributed by atoms with van der Waals surface area (Å²) >= 11 is 0. The van der Waals surface area contributed by atoms with Gasteiger partial charge < -0.3 is 10.0 Å². The highest BCUT2D eigenvalue weighted by molar-refractivity contribution is 5.68. The number of carboxylic acid groups (broad SMARTS) is 1. The van der Waals surface area contributed by atoms with Crippen LogP contribution in [0, 0.1) is 0 Å². The van der Waals surface area contributed by atoms with E-state index < -0.39 is 5.97 Å². The summed E-state index contributed by atoms with van der Waals surface area (Å²) in [6, 6.07) is 8.37. The molecule has 1 N–H and O–H groups in total. The first-order valence-corrected chi connectivity index (χ1v) is 5.47. The zero-order chi connectivity index (χ0) is 11.4. The standard InChI is InChI=1S/C13H15NO2/c15-13(16)7-3-4-9-14-10-8-11-5-1-2-6-12(11)14/h1-6H,7-10H2,(H,15,16)/b4-3+. The molecule has 1 aliphatic heterocycles. The summed E-state index contributed by atoms with van der Waals surface area (Å²) < 4.78 is 0. The van der Waals surface area contributed by atoms with Crippen molar-refractivity contribution in [3.05, 3.63) is 42.0 Å². The van der Waals surface area contributed by atoms with E-state index in [1.54, 1.807) is 6.08 Å². The second-order valence-corrected chi connectivity index (χ2v) is 3.89. The Morgan fingerprint density at radius 2 is 2.19 bits per heavy atom. The van der Waals surface area contributed by atoms with Gasteiger partial charge >= 0.3 is 5.97 Å². The Labute approximate surface area is 95.0 Å². The van der Waals surface area contributed by atoms with Crippen LogP contribution in [0.1, 0.15) is 12.0 Å². The van der Waals surface area contributed by atoms with Gasteiger partial charge in [-0.2, -0.15) is 0 Å². The second kappa shape index (κ2) is 4.84. The van der Waals surface area contributed by atoms with Crippen LogP contribution in [-0.2, 0) is 11.2 Å². The van der Waals surface area contributed by atoms with Crippen LogP contribution in [0.3, 0.4) is 0 Å². The first-order valence-electron chi connectivity index (χ1n) is 5.47. The van der Waals surface area contributed by atoms with Crippen LogP contribution in [0.15, 0.2) is 36.4 Å². The predicted molar refractivity (Wildman–Crippen MR) is 63.8 cm³/mol. The minimum Gasteiger partial charge on any atom is -0.481 e. The van der Waals surface area contributed by atoms with Crippen molar-refractivity contribution in [1.82, 2.24) is 0 Å². The molecule has 3 heteroatoms. The van der Waals surface area contributed by atoms with Crippen molar-refractivity contribution in [2.45, 2.75) is 12.8 Å². The van der Waals surface area contributed by atoms with E-state index in [1.807, 2.05) is 12.1 Å². The minimum absolute atomic E-state index is 0.107. The summed E-state index contributed by atoms with van der Waals surface area (Å²) in [5, 5.41) is 8.50. The molecule has 0 aliphatic carbocycles. The van der Waals surface area contributed by atoms with Crippen LogP contribution in [-0.4, -0.2) is 24.2 Å². The van der Waals surface area contributed by atoms with Crippen molar-refractivity contribution in [3.8, 4) is 0 Å². The van der Waals surface area contributed by atoms with Crippen molar-refractivity contribution in [1.29, 1.82) is 0 Å². The van der Waals surface area contributed by atoms with Gasteiger partial charge in [0, 0.05) is 18.8 Å². The Hall–Kier alpha value is -1.77. The van der Waals surface area contributed by atoms with Crippen molar-refractivity contribution < 1.29 is 9.90 Å². The van der Waals surface area contributed by atoms with Gasteiger partial charge in [-0.1, -0.05) is 30.4 Å². The molecule has 0 bridgehead atoms. The highest BCUT2D eigenvalue weighted by Gasteiger charge is 2.16. The lowest BCUT2D eigenvalue weighted by atomic mass is 10.2. The number of para-hydroxylation sites is 1. The van der Waals surface area contributed by atoms with Crippen LogP contribution < -0.4 is 4.90 Å². The molecule has 0 amide bonds. The molecule has 84 valence electrons. The average Bonchev–Trinajstić information content (AvgIpc) is 2.68. The third-order valence-electron chi connectivity index (χ3n) is 2.77. The summed E-state index contributed by atoms with van der Waals surface area (Å²) in [6.45, 7) is 1.82. The molecule has 0 aromatic heterocycles. The van der Waals surface area contributed by atoms with Crippen LogP contribution in [0.5, 0.6) is 0 Å². The SMILES string of the molecule is O=C(O)C/C=C/CN1CCc2ccccc21. The second-order valence-electron chi connectivity index (χ2n) is 3.89. The van der Waals surface area contributed by atoms with E-state index in [2.05, 4.69) is 23.1 Å². The quantitative estimate of drug-likeness (QED) is 0.785. The van der Waals surface area contributed by atoms with Gasteiger partial charge in [-0.25, -0.2) is 0 Å². The van der Waals surface area contributed by atoms with Crippen molar-refractivity contribution in [2.75, 3.05) is 18.0 Å². The molecule has 3 nitrogen and oxygen atoms in total. The molecule has 1 aliphatic rings. The summed E-state index contributed by atoms with van der Waals surface area (Å²) in [6.07, 6.45) is 4.83. The highest BCUT2D eigenvalue weighted by atomic mass is 16.4. The van der Waals surface area contributed by atoms with Gasteiger partial charge in [-0.05, 0) is 18.1 Å². The molecular formula is C13H15NO2. The number of benzene rings is 1. The fourth-order valence-electron chi connectivity index (χ4n) is 1.98. The normalized spacial score (nSPS) is 14.4. The lowest BCUT2D eigenvalue weighted by molar-refractivity contribution is -0.136. The summed E-state index contributed by atoms with van der Waals surface area (Å²) in [7, 11) is 0. The number of fused-ring (bicyclic) bond motifs is 1. The minimum atomic E-state index is -0.780. The molecule has 1 aromatic rings. The van der Waals surface area contributed by atoms with Crippen LogP contribution in [0.25, 0.3) is 0 Å². The lowest BCUT2D eigenvalue weighted by Gasteiger charge is -2.16. The number of rotatable bonds is 4. The van der Waals surface area contributed by atoms with E-state index >= 15 is 0 Å². The maximum Gasteiger partial charge on any atom is 0.307 e. The number of hydrogen-bond donors (Lipinski definition) is 1.